The third-order valence-electron chi connectivity index (χ3n) is 2.47. The number of hydrazine groups is 1. The van der Waals surface area contributed by atoms with Crippen LogP contribution in [0.4, 0.5) is 17.6 Å². The quantitative estimate of drug-likeness (QED) is 0.517. The van der Waals surface area contributed by atoms with Crippen molar-refractivity contribution in [3.05, 3.63) is 47.0 Å². The van der Waals surface area contributed by atoms with Crippen molar-refractivity contribution in [3.8, 4) is 0 Å². The summed E-state index contributed by atoms with van der Waals surface area (Å²) in [5, 5.41) is 0. The molecule has 4 nitrogen and oxygen atoms in total. The van der Waals surface area contributed by atoms with Gasteiger partial charge in [-0.05, 0) is 17.7 Å². The molecule has 0 aliphatic heterocycles. The first kappa shape index (κ1) is 13.8. The van der Waals surface area contributed by atoms with E-state index >= 15 is 0 Å². The smallest absolute Gasteiger partial charge is 0.271 e. The Kier molecular flexibility index (Phi) is 3.78. The van der Waals surface area contributed by atoms with E-state index in [0.717, 1.165) is 17.8 Å². The van der Waals surface area contributed by atoms with Crippen molar-refractivity contribution in [2.75, 3.05) is 0 Å². The lowest BCUT2D eigenvalue weighted by Crippen LogP contribution is -2.29. The van der Waals surface area contributed by atoms with Gasteiger partial charge in [0.25, 0.3) is 0 Å². The first-order valence-corrected chi connectivity index (χ1v) is 5.76. The lowest BCUT2D eigenvalue weighted by atomic mass is 10.0. The summed E-state index contributed by atoms with van der Waals surface area (Å²) in [4.78, 5) is 0. The Morgan fingerprint density at radius 3 is 2.58 bits per heavy atom. The number of halogens is 4. The fourth-order valence-electron chi connectivity index (χ4n) is 1.59. The van der Waals surface area contributed by atoms with Crippen LogP contribution in [0, 0.1) is 5.82 Å². The van der Waals surface area contributed by atoms with Gasteiger partial charge in [0, 0.05) is 0 Å². The average molecular weight is 292 g/mol. The zero-order valence-corrected chi connectivity index (χ0v) is 10.1. The monoisotopic (exact) mass is 292 g/mol. The van der Waals surface area contributed by atoms with Crippen molar-refractivity contribution < 1.29 is 17.6 Å². The second kappa shape index (κ2) is 5.19. The number of alkyl halides is 3. The van der Waals surface area contributed by atoms with E-state index < -0.39 is 23.6 Å². The lowest BCUT2D eigenvalue weighted by Gasteiger charge is -2.16. The van der Waals surface area contributed by atoms with Gasteiger partial charge in [-0.1, -0.05) is 6.07 Å². The van der Waals surface area contributed by atoms with Gasteiger partial charge in [-0.3, -0.25) is 5.84 Å². The Hall–Kier alpha value is -1.58. The van der Waals surface area contributed by atoms with Crippen LogP contribution in [0.25, 0.3) is 0 Å². The van der Waals surface area contributed by atoms with Gasteiger partial charge in [-0.2, -0.15) is 21.9 Å². The number of nitrogens with one attached hydrogen (secondary N) is 1. The molecule has 19 heavy (non-hydrogen) atoms. The summed E-state index contributed by atoms with van der Waals surface area (Å²) in [6.07, 6.45) is -3.38. The number of aromatic nitrogens is 2. The predicted molar refractivity (Wildman–Crippen MR) is 60.5 cm³/mol. The number of nitrogens with two attached hydrogens (primary N) is 1. The van der Waals surface area contributed by atoms with E-state index in [1.165, 1.54) is 12.3 Å². The van der Waals surface area contributed by atoms with Crippen molar-refractivity contribution in [2.24, 2.45) is 5.84 Å². The van der Waals surface area contributed by atoms with Gasteiger partial charge in [0.1, 0.15) is 5.82 Å². The molecule has 102 valence electrons. The molecule has 0 saturated heterocycles. The zero-order chi connectivity index (χ0) is 14.0. The Bertz CT molecular complexity index is 555. The Labute approximate surface area is 109 Å². The molecule has 0 amide bonds. The van der Waals surface area contributed by atoms with Crippen LogP contribution < -0.4 is 11.3 Å². The molecule has 0 fully saturated rings. The van der Waals surface area contributed by atoms with Gasteiger partial charge < -0.3 is 0 Å². The van der Waals surface area contributed by atoms with Crippen molar-refractivity contribution in [1.82, 2.24) is 14.2 Å². The Balaban J connectivity index is 2.45. The Morgan fingerprint density at radius 2 is 2.05 bits per heavy atom. The predicted octanol–water partition coefficient (Wildman–Crippen LogP) is 2.25. The fraction of sp³-hybridized carbons (Fsp3) is 0.200. The molecular formula is C10H8F4N4S. The SMILES string of the molecule is NNC(c1ccc(F)c(C(F)(F)F)c1)c1cnsn1. The molecule has 1 heterocycles. The zero-order valence-electron chi connectivity index (χ0n) is 9.28. The van der Waals surface area contributed by atoms with Gasteiger partial charge >= 0.3 is 6.18 Å². The standard InChI is InChI=1S/C10H8F4N4S/c11-7-2-1-5(3-6(7)10(12,13)14)9(17-15)8-4-16-19-18-8/h1-4,9,17H,15H2. The molecule has 0 spiro atoms. The summed E-state index contributed by atoms with van der Waals surface area (Å²) in [6, 6.07) is 1.90. The topological polar surface area (TPSA) is 63.8 Å². The van der Waals surface area contributed by atoms with E-state index in [9.17, 15) is 17.6 Å². The average Bonchev–Trinajstić information content (AvgIpc) is 2.84. The van der Waals surface area contributed by atoms with E-state index in [2.05, 4.69) is 14.2 Å². The largest absolute Gasteiger partial charge is 0.419 e. The molecule has 2 aromatic rings. The maximum Gasteiger partial charge on any atom is 0.419 e. The summed E-state index contributed by atoms with van der Waals surface area (Å²) >= 11 is 0.899. The van der Waals surface area contributed by atoms with Gasteiger partial charge in [0.2, 0.25) is 0 Å². The molecule has 0 bridgehead atoms. The molecule has 1 unspecified atom stereocenters. The minimum atomic E-state index is -4.76. The highest BCUT2D eigenvalue weighted by atomic mass is 32.1. The molecule has 0 radical (unpaired) electrons. The van der Waals surface area contributed by atoms with E-state index in [1.807, 2.05) is 0 Å². The minimum absolute atomic E-state index is 0.156. The second-order valence-corrected chi connectivity index (χ2v) is 4.23. The molecule has 1 aromatic heterocycles. The van der Waals surface area contributed by atoms with Crippen LogP contribution in [-0.2, 0) is 6.18 Å². The summed E-state index contributed by atoms with van der Waals surface area (Å²) in [7, 11) is 0. The summed E-state index contributed by atoms with van der Waals surface area (Å²) < 4.78 is 58.7. The van der Waals surface area contributed by atoms with E-state index in [1.54, 1.807) is 0 Å². The molecule has 2 rings (SSSR count). The first-order valence-electron chi connectivity index (χ1n) is 5.03. The summed E-state index contributed by atoms with van der Waals surface area (Å²) in [5.74, 6) is 3.97. The third-order valence-corrected chi connectivity index (χ3v) is 2.96. The van der Waals surface area contributed by atoms with Crippen LogP contribution in [0.3, 0.4) is 0 Å². The van der Waals surface area contributed by atoms with Crippen LogP contribution in [0.15, 0.2) is 24.4 Å². The lowest BCUT2D eigenvalue weighted by molar-refractivity contribution is -0.140. The number of nitrogens with zero attached hydrogens (tertiary/aromatic N) is 2. The van der Waals surface area contributed by atoms with Crippen molar-refractivity contribution in [2.45, 2.75) is 12.2 Å². The first-order chi connectivity index (χ1) is 8.93. The van der Waals surface area contributed by atoms with Gasteiger partial charge in [-0.15, -0.1) is 0 Å². The van der Waals surface area contributed by atoms with Gasteiger partial charge in [0.15, 0.2) is 0 Å². The molecule has 1 atom stereocenters. The highest BCUT2D eigenvalue weighted by Crippen LogP contribution is 2.33. The maximum absolute atomic E-state index is 13.2. The number of hydrogen-bond acceptors (Lipinski definition) is 5. The Morgan fingerprint density at radius 1 is 1.32 bits per heavy atom. The molecule has 0 saturated carbocycles. The van der Waals surface area contributed by atoms with E-state index in [4.69, 9.17) is 5.84 Å². The van der Waals surface area contributed by atoms with E-state index in [-0.39, 0.29) is 5.56 Å². The molecule has 0 aliphatic rings. The fourth-order valence-corrected chi connectivity index (χ4v) is 2.04. The highest BCUT2D eigenvalue weighted by molar-refractivity contribution is 6.99. The van der Waals surface area contributed by atoms with Crippen LogP contribution in [0.2, 0.25) is 0 Å². The van der Waals surface area contributed by atoms with E-state index in [0.29, 0.717) is 11.8 Å². The number of benzene rings is 1. The van der Waals surface area contributed by atoms with Gasteiger partial charge in [0.05, 0.1) is 35.2 Å². The molecular weight excluding hydrogens is 284 g/mol. The normalized spacial score (nSPS) is 13.5. The van der Waals surface area contributed by atoms with Crippen LogP contribution in [0.5, 0.6) is 0 Å². The summed E-state index contributed by atoms with van der Waals surface area (Å²) in [6.45, 7) is 0. The minimum Gasteiger partial charge on any atom is -0.271 e. The number of hydrogen-bond donors (Lipinski definition) is 2. The molecule has 1 aromatic carbocycles. The van der Waals surface area contributed by atoms with Crippen LogP contribution in [0.1, 0.15) is 22.9 Å². The van der Waals surface area contributed by atoms with Gasteiger partial charge in [-0.25, -0.2) is 9.82 Å². The van der Waals surface area contributed by atoms with Crippen molar-refractivity contribution >= 4 is 11.7 Å². The summed E-state index contributed by atoms with van der Waals surface area (Å²) in [5.41, 5.74) is 1.52. The van der Waals surface area contributed by atoms with Crippen LogP contribution >= 0.6 is 11.7 Å². The van der Waals surface area contributed by atoms with Crippen molar-refractivity contribution in [1.29, 1.82) is 0 Å². The highest BCUT2D eigenvalue weighted by Gasteiger charge is 2.35. The molecule has 9 heteroatoms. The molecule has 0 aliphatic carbocycles. The third kappa shape index (κ3) is 2.88. The maximum atomic E-state index is 13.2. The molecule has 3 N–H and O–H groups in total. The second-order valence-electron chi connectivity index (χ2n) is 3.67. The van der Waals surface area contributed by atoms with Crippen LogP contribution in [-0.4, -0.2) is 8.75 Å². The number of rotatable bonds is 3. The van der Waals surface area contributed by atoms with Crippen molar-refractivity contribution in [3.63, 3.8) is 0 Å².